The minimum absolute atomic E-state index is 0. The van der Waals surface area contributed by atoms with Crippen LogP contribution in [0.1, 0.15) is 0 Å². The molecule has 1 heterocycles. The average Bonchev–Trinajstić information content (AvgIpc) is 2.94. The third-order valence-corrected chi connectivity index (χ3v) is 7.96. The number of nitrogens with one attached hydrogen (secondary N) is 1. The summed E-state index contributed by atoms with van der Waals surface area (Å²) in [5.74, 6) is 0.603. The zero-order chi connectivity index (χ0) is 14.8. The van der Waals surface area contributed by atoms with E-state index in [1.807, 2.05) is 18.2 Å². The molecule has 0 saturated carbocycles. The van der Waals surface area contributed by atoms with Gasteiger partial charge in [-0.05, 0) is 0 Å². The molecule has 1 aromatic heterocycles. The monoisotopic (exact) mass is 424 g/mol. The summed E-state index contributed by atoms with van der Waals surface area (Å²) >= 11 is -1.75. The maximum absolute atomic E-state index is 13.1. The molecule has 1 N–H and O–H groups in total. The Balaban J connectivity index is 0.00000176. The molecule has 2 aromatic carbocycles. The summed E-state index contributed by atoms with van der Waals surface area (Å²) < 4.78 is 14.4. The molecule has 3 rings (SSSR count). The van der Waals surface area contributed by atoms with Gasteiger partial charge >= 0.3 is 131 Å². The number of imidazole rings is 1. The van der Waals surface area contributed by atoms with Crippen molar-refractivity contribution in [1.82, 2.24) is 9.97 Å². The molecule has 0 saturated heterocycles. The van der Waals surface area contributed by atoms with Crippen LogP contribution in [0, 0.1) is 5.82 Å². The quantitative estimate of drug-likeness (QED) is 0.634. The Morgan fingerprint density at radius 1 is 0.909 bits per heavy atom. The summed E-state index contributed by atoms with van der Waals surface area (Å²) in [6, 6.07) is 16.7. The fraction of sp³-hybridized carbons (Fsp3) is 0.118. The Kier molecular flexibility index (Phi) is 5.64. The summed E-state index contributed by atoms with van der Waals surface area (Å²) in [5.41, 5.74) is 3.12. The van der Waals surface area contributed by atoms with Crippen LogP contribution < -0.4 is 3.71 Å². The van der Waals surface area contributed by atoms with Crippen molar-refractivity contribution in [2.75, 3.05) is 0 Å². The zero-order valence-corrected chi connectivity index (χ0v) is 16.6. The van der Waals surface area contributed by atoms with Crippen LogP contribution in [0.15, 0.2) is 54.6 Å². The van der Waals surface area contributed by atoms with E-state index >= 15 is 0 Å². The zero-order valence-electron chi connectivity index (χ0n) is 12.5. The molecule has 0 aliphatic carbocycles. The van der Waals surface area contributed by atoms with Crippen LogP contribution in [0.25, 0.3) is 22.6 Å². The first kappa shape index (κ1) is 17.0. The second-order valence-electron chi connectivity index (χ2n) is 5.38. The number of hydrogen-bond donors (Lipinski definition) is 1. The Labute approximate surface area is 143 Å². The SMILES string of the molecule is Cl.[CH3][SnH]([CH3])[c]1[nH]c(-c2ccc(F)cc2)nc1-c1ccccc1. The molecule has 0 aliphatic rings. The summed E-state index contributed by atoms with van der Waals surface area (Å²) in [5, 5.41) is 0. The van der Waals surface area contributed by atoms with E-state index in [1.165, 1.54) is 15.8 Å². The van der Waals surface area contributed by atoms with Gasteiger partial charge in [-0.3, -0.25) is 0 Å². The molecule has 0 bridgehead atoms. The molecule has 0 unspecified atom stereocenters. The van der Waals surface area contributed by atoms with Crippen LogP contribution in [0.3, 0.4) is 0 Å². The van der Waals surface area contributed by atoms with Crippen LogP contribution >= 0.6 is 12.4 Å². The van der Waals surface area contributed by atoms with Crippen LogP contribution in [-0.4, -0.2) is 29.7 Å². The minimum atomic E-state index is -1.75. The van der Waals surface area contributed by atoms with Gasteiger partial charge in [-0.15, -0.1) is 12.4 Å². The number of H-pyrrole nitrogens is 1. The molecule has 22 heavy (non-hydrogen) atoms. The molecular formula is C17H18ClFN2Sn. The Hall–Kier alpha value is -1.33. The van der Waals surface area contributed by atoms with E-state index in [-0.39, 0.29) is 18.2 Å². The topological polar surface area (TPSA) is 28.7 Å². The maximum atomic E-state index is 13.1. The third-order valence-electron chi connectivity index (χ3n) is 3.47. The van der Waals surface area contributed by atoms with E-state index in [9.17, 15) is 4.39 Å². The summed E-state index contributed by atoms with van der Waals surface area (Å²) in [6.45, 7) is 0. The number of aromatic nitrogens is 2. The predicted octanol–water partition coefficient (Wildman–Crippen LogP) is 4.00. The standard InChI is InChI=1S/C15H10FN2.2CH3.ClH.Sn.H/c16-13-8-6-12(7-9-13)15-17-10-14(18-15)11-4-2-1-3-5-11;;;;;/h1-9H,(H,17,18);2*1H3;1H;;. The van der Waals surface area contributed by atoms with E-state index in [4.69, 9.17) is 4.98 Å². The van der Waals surface area contributed by atoms with Crippen LogP contribution in [0.2, 0.25) is 9.88 Å². The van der Waals surface area contributed by atoms with Crippen molar-refractivity contribution in [2.45, 2.75) is 9.88 Å². The van der Waals surface area contributed by atoms with Crippen molar-refractivity contribution in [3.05, 3.63) is 60.4 Å². The first-order valence-corrected chi connectivity index (χ1v) is 15.3. The van der Waals surface area contributed by atoms with Gasteiger partial charge < -0.3 is 0 Å². The van der Waals surface area contributed by atoms with Crippen molar-refractivity contribution in [3.8, 4) is 22.6 Å². The van der Waals surface area contributed by atoms with Crippen molar-refractivity contribution >= 4 is 35.9 Å². The molecule has 2 nitrogen and oxygen atoms in total. The molecule has 3 aromatic rings. The third kappa shape index (κ3) is 3.52. The molecule has 5 heteroatoms. The van der Waals surface area contributed by atoms with E-state index in [0.717, 1.165) is 22.6 Å². The number of aromatic amines is 1. The Bertz CT molecular complexity index is 739. The van der Waals surface area contributed by atoms with Gasteiger partial charge in [0, 0.05) is 0 Å². The molecule has 0 atom stereocenters. The van der Waals surface area contributed by atoms with Crippen molar-refractivity contribution < 1.29 is 4.39 Å². The van der Waals surface area contributed by atoms with E-state index < -0.39 is 19.8 Å². The average molecular weight is 424 g/mol. The first-order chi connectivity index (χ1) is 10.1. The number of rotatable bonds is 3. The van der Waals surface area contributed by atoms with Gasteiger partial charge in [0.05, 0.1) is 0 Å². The molecular weight excluding hydrogens is 405 g/mol. The molecule has 114 valence electrons. The normalized spacial score (nSPS) is 10.5. The Morgan fingerprint density at radius 3 is 2.14 bits per heavy atom. The van der Waals surface area contributed by atoms with Gasteiger partial charge in [0.25, 0.3) is 0 Å². The van der Waals surface area contributed by atoms with Crippen molar-refractivity contribution in [1.29, 1.82) is 0 Å². The molecule has 0 radical (unpaired) electrons. The molecule has 0 aliphatic heterocycles. The van der Waals surface area contributed by atoms with E-state index in [2.05, 4.69) is 27.0 Å². The first-order valence-electron chi connectivity index (χ1n) is 7.06. The molecule has 0 fully saturated rings. The number of hydrogen-bond acceptors (Lipinski definition) is 1. The Morgan fingerprint density at radius 2 is 1.55 bits per heavy atom. The number of benzene rings is 2. The van der Waals surface area contributed by atoms with E-state index in [0.29, 0.717) is 0 Å². The van der Waals surface area contributed by atoms with Gasteiger partial charge in [-0.25, -0.2) is 0 Å². The van der Waals surface area contributed by atoms with Crippen LogP contribution in [0.4, 0.5) is 4.39 Å². The van der Waals surface area contributed by atoms with Gasteiger partial charge in [0.2, 0.25) is 0 Å². The van der Waals surface area contributed by atoms with Gasteiger partial charge in [0.15, 0.2) is 0 Å². The number of nitrogens with zero attached hydrogens (tertiary/aromatic N) is 1. The molecule has 0 spiro atoms. The van der Waals surface area contributed by atoms with Crippen LogP contribution in [-0.2, 0) is 0 Å². The fourth-order valence-electron chi connectivity index (χ4n) is 2.37. The summed E-state index contributed by atoms with van der Waals surface area (Å²) in [4.78, 5) is 12.9. The van der Waals surface area contributed by atoms with Gasteiger partial charge in [-0.2, -0.15) is 0 Å². The second kappa shape index (κ2) is 7.29. The van der Waals surface area contributed by atoms with Gasteiger partial charge in [0.1, 0.15) is 0 Å². The second-order valence-corrected chi connectivity index (χ2v) is 13.6. The van der Waals surface area contributed by atoms with Gasteiger partial charge in [-0.1, -0.05) is 0 Å². The predicted molar refractivity (Wildman–Crippen MR) is 95.2 cm³/mol. The van der Waals surface area contributed by atoms with E-state index in [1.54, 1.807) is 12.1 Å². The number of halogens is 2. The van der Waals surface area contributed by atoms with Crippen molar-refractivity contribution in [3.63, 3.8) is 0 Å². The van der Waals surface area contributed by atoms with Crippen molar-refractivity contribution in [2.24, 2.45) is 0 Å². The van der Waals surface area contributed by atoms with Crippen LogP contribution in [0.5, 0.6) is 0 Å². The fourth-order valence-corrected chi connectivity index (χ4v) is 5.80. The summed E-state index contributed by atoms with van der Waals surface area (Å²) in [7, 11) is 0. The summed E-state index contributed by atoms with van der Waals surface area (Å²) in [6.07, 6.45) is 0. The molecule has 0 amide bonds.